The normalized spacial score (nSPS) is 10.0. The van der Waals surface area contributed by atoms with E-state index in [0.29, 0.717) is 5.69 Å². The highest BCUT2D eigenvalue weighted by molar-refractivity contribution is 5.87. The molecule has 0 saturated carbocycles. The average Bonchev–Trinajstić information content (AvgIpc) is 2.62. The Kier molecular flexibility index (Phi) is 3.55. The standard InChI is InChI=1S/C10H15NO2/c1-3-4-5-8-6-7-9(11-8)10(12)13-2/h6-7,11H,3-5H2,1-2H3. The van der Waals surface area contributed by atoms with Crippen molar-refractivity contribution in [1.82, 2.24) is 4.98 Å². The van der Waals surface area contributed by atoms with E-state index in [1.165, 1.54) is 7.11 Å². The van der Waals surface area contributed by atoms with Crippen LogP contribution in [-0.2, 0) is 11.2 Å². The fourth-order valence-electron chi connectivity index (χ4n) is 1.18. The number of ether oxygens (including phenoxy) is 1. The highest BCUT2D eigenvalue weighted by Gasteiger charge is 2.06. The minimum absolute atomic E-state index is 0.303. The average molecular weight is 181 g/mol. The number of nitrogens with one attached hydrogen (secondary N) is 1. The molecule has 0 saturated heterocycles. The largest absolute Gasteiger partial charge is 0.464 e. The van der Waals surface area contributed by atoms with Gasteiger partial charge in [0.15, 0.2) is 0 Å². The van der Waals surface area contributed by atoms with Crippen molar-refractivity contribution in [3.8, 4) is 0 Å². The summed E-state index contributed by atoms with van der Waals surface area (Å²) < 4.78 is 4.58. The van der Waals surface area contributed by atoms with Crippen molar-refractivity contribution in [1.29, 1.82) is 0 Å². The monoisotopic (exact) mass is 181 g/mol. The molecule has 0 aliphatic heterocycles. The molecule has 0 atom stereocenters. The molecule has 13 heavy (non-hydrogen) atoms. The maximum Gasteiger partial charge on any atom is 0.354 e. The van der Waals surface area contributed by atoms with E-state index in [2.05, 4.69) is 16.6 Å². The van der Waals surface area contributed by atoms with Crippen LogP contribution < -0.4 is 0 Å². The molecule has 1 heterocycles. The Hall–Kier alpha value is -1.25. The summed E-state index contributed by atoms with van der Waals surface area (Å²) >= 11 is 0. The van der Waals surface area contributed by atoms with Gasteiger partial charge in [0.2, 0.25) is 0 Å². The minimum Gasteiger partial charge on any atom is -0.464 e. The molecule has 1 aromatic heterocycles. The smallest absolute Gasteiger partial charge is 0.354 e. The molecule has 0 amide bonds. The Morgan fingerprint density at radius 3 is 2.92 bits per heavy atom. The molecule has 72 valence electrons. The van der Waals surface area contributed by atoms with Crippen LogP contribution in [0.5, 0.6) is 0 Å². The molecule has 3 heteroatoms. The van der Waals surface area contributed by atoms with Crippen molar-refractivity contribution in [2.45, 2.75) is 26.2 Å². The van der Waals surface area contributed by atoms with Gasteiger partial charge in [-0.15, -0.1) is 0 Å². The summed E-state index contributed by atoms with van der Waals surface area (Å²) in [5.74, 6) is -0.303. The number of carbonyl (C=O) groups is 1. The lowest BCUT2D eigenvalue weighted by molar-refractivity contribution is 0.0594. The predicted octanol–water partition coefficient (Wildman–Crippen LogP) is 2.14. The highest BCUT2D eigenvalue weighted by Crippen LogP contribution is 2.06. The van der Waals surface area contributed by atoms with Gasteiger partial charge in [-0.3, -0.25) is 0 Å². The van der Waals surface area contributed by atoms with Crippen LogP contribution in [-0.4, -0.2) is 18.1 Å². The van der Waals surface area contributed by atoms with Gasteiger partial charge in [-0.25, -0.2) is 4.79 Å². The quantitative estimate of drug-likeness (QED) is 0.723. The van der Waals surface area contributed by atoms with Crippen LogP contribution >= 0.6 is 0 Å². The first-order valence-electron chi connectivity index (χ1n) is 4.54. The first-order valence-corrected chi connectivity index (χ1v) is 4.54. The van der Waals surface area contributed by atoms with Crippen LogP contribution in [0.2, 0.25) is 0 Å². The van der Waals surface area contributed by atoms with E-state index >= 15 is 0 Å². The summed E-state index contributed by atoms with van der Waals surface area (Å²) in [6, 6.07) is 3.69. The van der Waals surface area contributed by atoms with Crippen LogP contribution in [0.3, 0.4) is 0 Å². The second-order valence-corrected chi connectivity index (χ2v) is 2.99. The van der Waals surface area contributed by atoms with Crippen LogP contribution in [0.25, 0.3) is 0 Å². The summed E-state index contributed by atoms with van der Waals surface area (Å²) in [6.07, 6.45) is 3.29. The fraction of sp³-hybridized carbons (Fsp3) is 0.500. The lowest BCUT2D eigenvalue weighted by atomic mass is 10.2. The lowest BCUT2D eigenvalue weighted by Crippen LogP contribution is -2.01. The van der Waals surface area contributed by atoms with Gasteiger partial charge >= 0.3 is 5.97 Å². The van der Waals surface area contributed by atoms with Crippen molar-refractivity contribution in [3.05, 3.63) is 23.5 Å². The van der Waals surface area contributed by atoms with E-state index in [4.69, 9.17) is 0 Å². The molecule has 1 rings (SSSR count). The van der Waals surface area contributed by atoms with Gasteiger partial charge in [-0.05, 0) is 25.0 Å². The Morgan fingerprint density at radius 2 is 2.31 bits per heavy atom. The van der Waals surface area contributed by atoms with Crippen molar-refractivity contribution < 1.29 is 9.53 Å². The van der Waals surface area contributed by atoms with Crippen LogP contribution in [0.4, 0.5) is 0 Å². The first kappa shape index (κ1) is 9.84. The number of carbonyl (C=O) groups excluding carboxylic acids is 1. The zero-order chi connectivity index (χ0) is 9.68. The molecule has 0 aromatic carbocycles. The summed E-state index contributed by atoms with van der Waals surface area (Å²) in [5.41, 5.74) is 1.64. The number of unbranched alkanes of at least 4 members (excludes halogenated alkanes) is 1. The van der Waals surface area contributed by atoms with E-state index in [-0.39, 0.29) is 5.97 Å². The third-order valence-corrected chi connectivity index (χ3v) is 1.95. The van der Waals surface area contributed by atoms with E-state index < -0.39 is 0 Å². The Bertz CT molecular complexity index is 278. The predicted molar refractivity (Wildman–Crippen MR) is 50.7 cm³/mol. The number of aryl methyl sites for hydroxylation is 1. The van der Waals surface area contributed by atoms with Gasteiger partial charge in [-0.2, -0.15) is 0 Å². The number of hydrogen-bond acceptors (Lipinski definition) is 2. The van der Waals surface area contributed by atoms with Crippen molar-refractivity contribution in [3.63, 3.8) is 0 Å². The van der Waals surface area contributed by atoms with Crippen LogP contribution in [0.15, 0.2) is 12.1 Å². The fourth-order valence-corrected chi connectivity index (χ4v) is 1.18. The van der Waals surface area contributed by atoms with E-state index in [1.54, 1.807) is 6.07 Å². The molecule has 3 nitrogen and oxygen atoms in total. The third-order valence-electron chi connectivity index (χ3n) is 1.95. The molecule has 1 aromatic rings. The third kappa shape index (κ3) is 2.61. The van der Waals surface area contributed by atoms with Gasteiger partial charge in [0.1, 0.15) is 5.69 Å². The maximum atomic E-state index is 11.0. The zero-order valence-electron chi connectivity index (χ0n) is 8.09. The molecule has 0 aliphatic carbocycles. The molecule has 0 bridgehead atoms. The zero-order valence-corrected chi connectivity index (χ0v) is 8.09. The van der Waals surface area contributed by atoms with Crippen molar-refractivity contribution >= 4 is 5.97 Å². The Morgan fingerprint density at radius 1 is 1.54 bits per heavy atom. The van der Waals surface area contributed by atoms with Crippen molar-refractivity contribution in [2.75, 3.05) is 7.11 Å². The van der Waals surface area contributed by atoms with E-state index in [9.17, 15) is 4.79 Å². The lowest BCUT2D eigenvalue weighted by Gasteiger charge is -1.95. The van der Waals surface area contributed by atoms with Crippen molar-refractivity contribution in [2.24, 2.45) is 0 Å². The second-order valence-electron chi connectivity index (χ2n) is 2.99. The van der Waals surface area contributed by atoms with Gasteiger partial charge in [0, 0.05) is 5.69 Å². The van der Waals surface area contributed by atoms with E-state index in [1.807, 2.05) is 6.07 Å². The SMILES string of the molecule is CCCCc1ccc(C(=O)OC)[nH]1. The minimum atomic E-state index is -0.303. The molecule has 0 unspecified atom stereocenters. The van der Waals surface area contributed by atoms with E-state index in [0.717, 1.165) is 25.0 Å². The summed E-state index contributed by atoms with van der Waals surface area (Å²) in [6.45, 7) is 2.14. The van der Waals surface area contributed by atoms with Gasteiger partial charge in [0.05, 0.1) is 7.11 Å². The Labute approximate surface area is 78.1 Å². The molecule has 0 radical (unpaired) electrons. The van der Waals surface area contributed by atoms with Gasteiger partial charge in [0.25, 0.3) is 0 Å². The topological polar surface area (TPSA) is 42.1 Å². The number of esters is 1. The van der Waals surface area contributed by atoms with Crippen LogP contribution in [0.1, 0.15) is 35.9 Å². The molecule has 0 fully saturated rings. The van der Waals surface area contributed by atoms with Gasteiger partial charge < -0.3 is 9.72 Å². The van der Waals surface area contributed by atoms with Gasteiger partial charge in [-0.1, -0.05) is 13.3 Å². The number of aromatic amines is 1. The summed E-state index contributed by atoms with van der Waals surface area (Å²) in [4.78, 5) is 14.1. The number of H-pyrrole nitrogens is 1. The highest BCUT2D eigenvalue weighted by atomic mass is 16.5. The number of hydrogen-bond donors (Lipinski definition) is 1. The summed E-state index contributed by atoms with van der Waals surface area (Å²) in [7, 11) is 1.38. The molecular weight excluding hydrogens is 166 g/mol. The Balaban J connectivity index is 2.58. The summed E-state index contributed by atoms with van der Waals surface area (Å²) in [5, 5.41) is 0. The maximum absolute atomic E-state index is 11.0. The number of methoxy groups -OCH3 is 1. The van der Waals surface area contributed by atoms with Crippen LogP contribution in [0, 0.1) is 0 Å². The number of aromatic nitrogens is 1. The number of rotatable bonds is 4. The second kappa shape index (κ2) is 4.70. The molecule has 0 spiro atoms. The molecular formula is C10H15NO2. The molecule has 1 N–H and O–H groups in total. The molecule has 0 aliphatic rings. The first-order chi connectivity index (χ1) is 6.27.